The summed E-state index contributed by atoms with van der Waals surface area (Å²) >= 11 is 0. The highest BCUT2D eigenvalue weighted by Crippen LogP contribution is 2.23. The molecule has 0 amide bonds. The smallest absolute Gasteiger partial charge is 0.339 e. The van der Waals surface area contributed by atoms with Gasteiger partial charge in [0.1, 0.15) is 11.3 Å². The Morgan fingerprint density at radius 1 is 0.759 bits per heavy atom. The summed E-state index contributed by atoms with van der Waals surface area (Å²) < 4.78 is 4.69. The molecular formula is C19H24N2O8. The van der Waals surface area contributed by atoms with E-state index in [2.05, 4.69) is 4.74 Å². The van der Waals surface area contributed by atoms with Gasteiger partial charge in [-0.25, -0.2) is 4.79 Å². The Labute approximate surface area is 167 Å². The van der Waals surface area contributed by atoms with Gasteiger partial charge in [-0.1, -0.05) is 12.1 Å². The first-order valence-electron chi connectivity index (χ1n) is 8.26. The van der Waals surface area contributed by atoms with Crippen LogP contribution in [0.15, 0.2) is 24.3 Å². The molecule has 158 valence electrons. The highest BCUT2D eigenvalue weighted by atomic mass is 16.5. The zero-order chi connectivity index (χ0) is 23.2. The second-order valence-electron chi connectivity index (χ2n) is 6.24. The molecule has 0 spiro atoms. The molecular weight excluding hydrogens is 384 g/mol. The lowest BCUT2D eigenvalue weighted by Gasteiger charge is -2.38. The number of carboxylic acids is 1. The molecule has 0 saturated heterocycles. The fourth-order valence-corrected chi connectivity index (χ4v) is 2.49. The first kappa shape index (κ1) is 25.8. The molecule has 29 heavy (non-hydrogen) atoms. The molecule has 0 aliphatic heterocycles. The number of Topliss-reactive ketones (excluding diaryl/α,β-unsaturated/α-hetero) is 4. The van der Waals surface area contributed by atoms with Crippen LogP contribution in [0.3, 0.4) is 0 Å². The zero-order valence-corrected chi connectivity index (χ0v) is 16.8. The van der Waals surface area contributed by atoms with Crippen molar-refractivity contribution in [1.82, 2.24) is 0 Å². The number of esters is 1. The average Bonchev–Trinajstić information content (AvgIpc) is 2.59. The van der Waals surface area contributed by atoms with E-state index >= 15 is 0 Å². The van der Waals surface area contributed by atoms with Gasteiger partial charge in [0.2, 0.25) is 0 Å². The summed E-state index contributed by atoms with van der Waals surface area (Å²) in [6, 6.07) is 5.98. The molecule has 0 radical (unpaired) electrons. The van der Waals surface area contributed by atoms with Crippen LogP contribution >= 0.6 is 0 Å². The molecule has 1 aromatic rings. The monoisotopic (exact) mass is 408 g/mol. The van der Waals surface area contributed by atoms with Crippen molar-refractivity contribution >= 4 is 35.1 Å². The first-order chi connectivity index (χ1) is 13.1. The number of ketones is 4. The third-order valence-electron chi connectivity index (χ3n) is 4.21. The lowest BCUT2D eigenvalue weighted by Crippen LogP contribution is -2.78. The number of hydrogen-bond donors (Lipinski definition) is 3. The molecule has 10 heteroatoms. The summed E-state index contributed by atoms with van der Waals surface area (Å²) in [7, 11) is 0. The van der Waals surface area contributed by atoms with Crippen molar-refractivity contribution in [2.75, 3.05) is 0 Å². The van der Waals surface area contributed by atoms with Gasteiger partial charge >= 0.3 is 11.9 Å². The molecule has 10 nitrogen and oxygen atoms in total. The van der Waals surface area contributed by atoms with Crippen molar-refractivity contribution < 1.29 is 38.6 Å². The van der Waals surface area contributed by atoms with E-state index in [1.54, 1.807) is 12.1 Å². The van der Waals surface area contributed by atoms with Crippen LogP contribution in [-0.4, -0.2) is 51.3 Å². The molecule has 0 bridgehead atoms. The minimum atomic E-state index is -2.30. The summed E-state index contributed by atoms with van der Waals surface area (Å²) in [5, 5.41) is 8.69. The molecule has 0 fully saturated rings. The maximum Gasteiger partial charge on any atom is 0.339 e. The van der Waals surface area contributed by atoms with Crippen LogP contribution in [0.1, 0.15) is 45.0 Å². The van der Waals surface area contributed by atoms with Crippen molar-refractivity contribution in [3.63, 3.8) is 0 Å². The van der Waals surface area contributed by atoms with Crippen LogP contribution in [0, 0.1) is 0 Å². The summed E-state index contributed by atoms with van der Waals surface area (Å²) in [5.41, 5.74) is 6.58. The van der Waals surface area contributed by atoms with Gasteiger partial charge in [-0.3, -0.25) is 24.0 Å². The average molecular weight is 408 g/mol. The van der Waals surface area contributed by atoms with Gasteiger partial charge in [0.05, 0.1) is 0 Å². The molecule has 0 heterocycles. The van der Waals surface area contributed by atoms with Crippen LogP contribution in [0.2, 0.25) is 0 Å². The number of rotatable bonds is 7. The molecule has 0 unspecified atom stereocenters. The van der Waals surface area contributed by atoms with E-state index in [0.717, 1.165) is 27.7 Å². The molecule has 0 saturated carbocycles. The Morgan fingerprint density at radius 2 is 1.10 bits per heavy atom. The first-order valence-corrected chi connectivity index (χ1v) is 8.26. The third-order valence-corrected chi connectivity index (χ3v) is 4.21. The molecule has 0 aromatic heterocycles. The predicted octanol–water partition coefficient (Wildman–Crippen LogP) is 0.0475. The highest BCUT2D eigenvalue weighted by molar-refractivity contribution is 6.25. The number of carbonyl (C=O) groups excluding carboxylic acids is 5. The van der Waals surface area contributed by atoms with E-state index < -0.39 is 46.1 Å². The molecule has 0 aliphatic rings. The van der Waals surface area contributed by atoms with Crippen molar-refractivity contribution in [2.45, 2.75) is 45.7 Å². The van der Waals surface area contributed by atoms with Crippen LogP contribution in [0.5, 0.6) is 5.75 Å². The number of aromatic carboxylic acids is 1. The summed E-state index contributed by atoms with van der Waals surface area (Å²) in [5.74, 6) is -4.82. The zero-order valence-electron chi connectivity index (χ0n) is 16.8. The number of hydrogen-bond acceptors (Lipinski definition) is 9. The number of carboxylic acid groups (broad SMARTS) is 1. The number of benzene rings is 1. The quantitative estimate of drug-likeness (QED) is 0.316. The number of ether oxygens (including phenoxy) is 1. The maximum absolute atomic E-state index is 11.4. The van der Waals surface area contributed by atoms with Gasteiger partial charge < -0.3 is 21.3 Å². The molecule has 0 atom stereocenters. The SMILES string of the molecule is CC(=O)C(N)(C(C)=O)C(N)(C(C)=O)C(C)=O.CC(=O)Oc1ccccc1C(=O)O. The van der Waals surface area contributed by atoms with E-state index in [0.29, 0.717) is 0 Å². The molecule has 1 rings (SSSR count). The highest BCUT2D eigenvalue weighted by Gasteiger charge is 2.59. The fraction of sp³-hybridized carbons (Fsp3) is 0.368. The molecule has 1 aromatic carbocycles. The standard InChI is InChI=1S/C10H16N2O4.C9H8O4/c1-5(13)9(11,6(2)14)10(12,7(3)15)8(4)16;1-6(10)13-8-5-3-2-4-7(8)9(11)12/h11-12H2,1-4H3;2-5H,1H3,(H,11,12). The Hall–Kier alpha value is -3.24. The number of carbonyl (C=O) groups is 6. The summed E-state index contributed by atoms with van der Waals surface area (Å²) in [4.78, 5) is 66.9. The van der Waals surface area contributed by atoms with Gasteiger partial charge in [0.15, 0.2) is 34.2 Å². The van der Waals surface area contributed by atoms with Gasteiger partial charge in [0.25, 0.3) is 0 Å². The van der Waals surface area contributed by atoms with Crippen molar-refractivity contribution in [3.05, 3.63) is 29.8 Å². The van der Waals surface area contributed by atoms with Gasteiger partial charge in [-0.15, -0.1) is 0 Å². The second kappa shape index (κ2) is 9.80. The minimum absolute atomic E-state index is 0.0160. The Kier molecular flexibility index (Phi) is 8.71. The predicted molar refractivity (Wildman–Crippen MR) is 101 cm³/mol. The van der Waals surface area contributed by atoms with E-state index in [1.807, 2.05) is 0 Å². The van der Waals surface area contributed by atoms with Gasteiger partial charge in [0, 0.05) is 6.92 Å². The molecule has 5 N–H and O–H groups in total. The van der Waals surface area contributed by atoms with E-state index in [9.17, 15) is 28.8 Å². The second-order valence-corrected chi connectivity index (χ2v) is 6.24. The summed E-state index contributed by atoms with van der Waals surface area (Å²) in [6.45, 7) is 5.31. The lowest BCUT2D eigenvalue weighted by molar-refractivity contribution is -0.147. The normalized spacial score (nSPS) is 10.9. The topological polar surface area (TPSA) is 184 Å². The minimum Gasteiger partial charge on any atom is -0.478 e. The van der Waals surface area contributed by atoms with Gasteiger partial charge in [-0.05, 0) is 39.8 Å². The molecule has 0 aliphatic carbocycles. The largest absolute Gasteiger partial charge is 0.478 e. The van der Waals surface area contributed by atoms with Crippen LogP contribution in [0.4, 0.5) is 0 Å². The van der Waals surface area contributed by atoms with Crippen molar-refractivity contribution in [2.24, 2.45) is 11.5 Å². The van der Waals surface area contributed by atoms with Crippen LogP contribution in [0.25, 0.3) is 0 Å². The fourth-order valence-electron chi connectivity index (χ4n) is 2.49. The van der Waals surface area contributed by atoms with Crippen LogP contribution < -0.4 is 16.2 Å². The Morgan fingerprint density at radius 3 is 1.38 bits per heavy atom. The van der Waals surface area contributed by atoms with Crippen LogP contribution in [-0.2, 0) is 24.0 Å². The van der Waals surface area contributed by atoms with Crippen molar-refractivity contribution in [3.8, 4) is 5.75 Å². The third kappa shape index (κ3) is 5.39. The van der Waals surface area contributed by atoms with E-state index in [-0.39, 0.29) is 11.3 Å². The summed E-state index contributed by atoms with van der Waals surface area (Å²) in [6.07, 6.45) is 0. The lowest BCUT2D eigenvalue weighted by atomic mass is 9.68. The van der Waals surface area contributed by atoms with E-state index in [4.69, 9.17) is 16.6 Å². The maximum atomic E-state index is 11.4. The Bertz CT molecular complexity index is 796. The number of nitrogens with two attached hydrogens (primary N) is 2. The van der Waals surface area contributed by atoms with E-state index in [1.165, 1.54) is 19.1 Å². The van der Waals surface area contributed by atoms with Crippen molar-refractivity contribution in [1.29, 1.82) is 0 Å². The number of para-hydroxylation sites is 1. The Balaban J connectivity index is 0.000000551. The van der Waals surface area contributed by atoms with Gasteiger partial charge in [-0.2, -0.15) is 0 Å².